The molecule has 0 saturated carbocycles. The van der Waals surface area contributed by atoms with Crippen LogP contribution in [-0.4, -0.2) is 46.7 Å². The molecule has 0 atom stereocenters. The Bertz CT molecular complexity index is 399. The molecule has 0 saturated heterocycles. The third kappa shape index (κ3) is 6.96. The van der Waals surface area contributed by atoms with Crippen LogP contribution < -0.4 is 15.4 Å². The summed E-state index contributed by atoms with van der Waals surface area (Å²) in [4.78, 5) is 11.4. The maximum Gasteiger partial charge on any atom is 0.316 e. The Morgan fingerprint density at radius 1 is 1.20 bits per heavy atom. The molecule has 20 heavy (non-hydrogen) atoms. The third-order valence-electron chi connectivity index (χ3n) is 2.60. The molecule has 0 aromatic heterocycles. The lowest BCUT2D eigenvalue weighted by molar-refractivity contribution is 0.0643. The van der Waals surface area contributed by atoms with E-state index < -0.39 is 0 Å². The van der Waals surface area contributed by atoms with E-state index >= 15 is 0 Å². The van der Waals surface area contributed by atoms with Crippen molar-refractivity contribution in [3.05, 3.63) is 29.8 Å². The van der Waals surface area contributed by atoms with Gasteiger partial charge in [-0.25, -0.2) is 4.79 Å². The largest absolute Gasteiger partial charge is 0.497 e. The van der Waals surface area contributed by atoms with E-state index in [9.17, 15) is 4.79 Å². The Morgan fingerprint density at radius 2 is 2.05 bits per heavy atom. The average molecular weight is 282 g/mol. The fraction of sp³-hybridized carbons (Fsp3) is 0.500. The number of hydrogen-bond donors (Lipinski definition) is 2. The van der Waals surface area contributed by atoms with Crippen LogP contribution in [0.2, 0.25) is 0 Å². The van der Waals surface area contributed by atoms with Gasteiger partial charge in [0.05, 0.1) is 20.3 Å². The van der Waals surface area contributed by atoms with E-state index in [1.54, 1.807) is 14.2 Å². The topological polar surface area (TPSA) is 68.8 Å². The highest BCUT2D eigenvalue weighted by Gasteiger charge is 2.00. The van der Waals surface area contributed by atoms with Crippen LogP contribution in [0.15, 0.2) is 24.3 Å². The zero-order valence-electron chi connectivity index (χ0n) is 12.0. The van der Waals surface area contributed by atoms with Gasteiger partial charge in [0.2, 0.25) is 0 Å². The molecule has 1 rings (SSSR count). The number of urea groups is 1. The van der Waals surface area contributed by atoms with Crippen molar-refractivity contribution < 1.29 is 19.0 Å². The highest BCUT2D eigenvalue weighted by Crippen LogP contribution is 2.12. The Kier molecular flexibility index (Phi) is 8.17. The molecule has 0 fully saturated rings. The van der Waals surface area contributed by atoms with Gasteiger partial charge in [-0.3, -0.25) is 0 Å². The smallest absolute Gasteiger partial charge is 0.316 e. The van der Waals surface area contributed by atoms with E-state index in [1.165, 1.54) is 0 Å². The number of ether oxygens (including phenoxy) is 3. The molecule has 0 bridgehead atoms. The Hall–Kier alpha value is -1.79. The maximum absolute atomic E-state index is 11.4. The normalized spacial score (nSPS) is 10.1. The van der Waals surface area contributed by atoms with Crippen molar-refractivity contribution in [2.75, 3.05) is 40.7 Å². The van der Waals surface area contributed by atoms with Crippen LogP contribution in [0.5, 0.6) is 5.75 Å². The number of nitrogens with one attached hydrogen (secondary N) is 2. The van der Waals surface area contributed by atoms with Crippen LogP contribution in [0.3, 0.4) is 0 Å². The van der Waals surface area contributed by atoms with E-state index in [4.69, 9.17) is 14.2 Å². The molecule has 1 aromatic carbocycles. The molecule has 0 aliphatic rings. The predicted octanol–water partition coefficient (Wildman–Crippen LogP) is 1.16. The second-order valence-electron chi connectivity index (χ2n) is 4.08. The quantitative estimate of drug-likeness (QED) is 0.527. The molecule has 6 nitrogen and oxygen atoms in total. The van der Waals surface area contributed by atoms with E-state index in [1.807, 2.05) is 24.3 Å². The Morgan fingerprint density at radius 3 is 2.80 bits per heavy atom. The first-order chi connectivity index (χ1) is 9.76. The van der Waals surface area contributed by atoms with Gasteiger partial charge < -0.3 is 24.8 Å². The number of carbonyl (C=O) groups is 1. The lowest BCUT2D eigenvalue weighted by Crippen LogP contribution is -2.38. The number of rotatable bonds is 9. The molecular weight excluding hydrogens is 260 g/mol. The molecule has 2 amide bonds. The minimum Gasteiger partial charge on any atom is -0.497 e. The maximum atomic E-state index is 11.4. The van der Waals surface area contributed by atoms with Crippen molar-refractivity contribution in [2.24, 2.45) is 0 Å². The summed E-state index contributed by atoms with van der Waals surface area (Å²) in [7, 11) is 3.23. The van der Waals surface area contributed by atoms with Crippen LogP contribution in [0.25, 0.3) is 0 Å². The highest BCUT2D eigenvalue weighted by molar-refractivity contribution is 5.73. The van der Waals surface area contributed by atoms with E-state index in [2.05, 4.69) is 10.6 Å². The van der Waals surface area contributed by atoms with Crippen LogP contribution >= 0.6 is 0 Å². The molecule has 112 valence electrons. The van der Waals surface area contributed by atoms with Crippen molar-refractivity contribution in [1.82, 2.24) is 10.6 Å². The second kappa shape index (κ2) is 10.1. The number of carbonyl (C=O) groups excluding carboxylic acids is 1. The molecule has 0 aliphatic heterocycles. The summed E-state index contributed by atoms with van der Waals surface area (Å²) in [5.74, 6) is 0.818. The molecule has 1 aromatic rings. The lowest BCUT2D eigenvalue weighted by atomic mass is 10.1. The standard InChI is InChI=1S/C14H22N2O4/c1-18-8-9-20-11-16-14(17)15-7-6-12-4-3-5-13(10-12)19-2/h3-5,10H,6-9,11H2,1-2H3,(H2,15,16,17). The second-order valence-corrected chi connectivity index (χ2v) is 4.08. The van der Waals surface area contributed by atoms with Gasteiger partial charge in [-0.1, -0.05) is 12.1 Å². The number of benzene rings is 1. The van der Waals surface area contributed by atoms with Gasteiger partial charge in [-0.05, 0) is 24.1 Å². The summed E-state index contributed by atoms with van der Waals surface area (Å²) in [5, 5.41) is 5.36. The van der Waals surface area contributed by atoms with Crippen molar-refractivity contribution in [3.63, 3.8) is 0 Å². The van der Waals surface area contributed by atoms with Gasteiger partial charge in [0.25, 0.3) is 0 Å². The molecular formula is C14H22N2O4. The zero-order chi connectivity index (χ0) is 14.6. The highest BCUT2D eigenvalue weighted by atomic mass is 16.5. The SMILES string of the molecule is COCCOCNC(=O)NCCc1cccc(OC)c1. The molecule has 0 heterocycles. The summed E-state index contributed by atoms with van der Waals surface area (Å²) in [6.45, 7) is 1.70. The molecule has 0 spiro atoms. The fourth-order valence-corrected chi connectivity index (χ4v) is 1.54. The van der Waals surface area contributed by atoms with Crippen LogP contribution in [0.1, 0.15) is 5.56 Å². The van der Waals surface area contributed by atoms with E-state index in [0.717, 1.165) is 17.7 Å². The molecule has 0 aliphatic carbocycles. The fourth-order valence-electron chi connectivity index (χ4n) is 1.54. The average Bonchev–Trinajstić information content (AvgIpc) is 2.47. The van der Waals surface area contributed by atoms with Crippen LogP contribution in [0.4, 0.5) is 4.79 Å². The lowest BCUT2D eigenvalue weighted by Gasteiger charge is -2.08. The summed E-state index contributed by atoms with van der Waals surface area (Å²) in [5.41, 5.74) is 1.11. The van der Waals surface area contributed by atoms with Gasteiger partial charge in [0.15, 0.2) is 0 Å². The van der Waals surface area contributed by atoms with Gasteiger partial charge in [-0.15, -0.1) is 0 Å². The minimum absolute atomic E-state index is 0.175. The van der Waals surface area contributed by atoms with Crippen LogP contribution in [-0.2, 0) is 15.9 Å². The summed E-state index contributed by atoms with van der Waals surface area (Å²) in [6.07, 6.45) is 0.745. The van der Waals surface area contributed by atoms with Gasteiger partial charge in [0, 0.05) is 13.7 Å². The van der Waals surface area contributed by atoms with E-state index in [0.29, 0.717) is 19.8 Å². The number of methoxy groups -OCH3 is 2. The molecule has 0 radical (unpaired) electrons. The van der Waals surface area contributed by atoms with Crippen LogP contribution in [0, 0.1) is 0 Å². The van der Waals surface area contributed by atoms with Crippen molar-refractivity contribution in [1.29, 1.82) is 0 Å². The first-order valence-corrected chi connectivity index (χ1v) is 6.47. The van der Waals surface area contributed by atoms with Gasteiger partial charge in [0.1, 0.15) is 12.5 Å². The predicted molar refractivity (Wildman–Crippen MR) is 75.9 cm³/mol. The van der Waals surface area contributed by atoms with Crippen molar-refractivity contribution in [3.8, 4) is 5.75 Å². The third-order valence-corrected chi connectivity index (χ3v) is 2.60. The number of hydrogen-bond acceptors (Lipinski definition) is 4. The van der Waals surface area contributed by atoms with Crippen molar-refractivity contribution >= 4 is 6.03 Å². The summed E-state index contributed by atoms with van der Waals surface area (Å²) < 4.78 is 15.1. The van der Waals surface area contributed by atoms with Gasteiger partial charge >= 0.3 is 6.03 Å². The van der Waals surface area contributed by atoms with Gasteiger partial charge in [-0.2, -0.15) is 0 Å². The first kappa shape index (κ1) is 16.3. The minimum atomic E-state index is -0.245. The van der Waals surface area contributed by atoms with E-state index in [-0.39, 0.29) is 12.8 Å². The summed E-state index contributed by atoms with van der Waals surface area (Å²) in [6, 6.07) is 7.52. The van der Waals surface area contributed by atoms with Crippen molar-refractivity contribution in [2.45, 2.75) is 6.42 Å². The zero-order valence-corrected chi connectivity index (χ0v) is 12.0. The monoisotopic (exact) mass is 282 g/mol. The molecule has 0 unspecified atom stereocenters. The summed E-state index contributed by atoms with van der Waals surface area (Å²) >= 11 is 0. The Balaban J connectivity index is 2.12. The number of amides is 2. The molecule has 6 heteroatoms. The Labute approximate surface area is 119 Å². The first-order valence-electron chi connectivity index (χ1n) is 6.47. The molecule has 2 N–H and O–H groups in total.